The van der Waals surface area contributed by atoms with E-state index in [-0.39, 0.29) is 18.4 Å². The Morgan fingerprint density at radius 3 is 2.57 bits per heavy atom. The van der Waals surface area contributed by atoms with Crippen molar-refractivity contribution in [3.8, 4) is 0 Å². The number of carboxylic acid groups (broad SMARTS) is 1. The van der Waals surface area contributed by atoms with Crippen molar-refractivity contribution in [1.29, 1.82) is 0 Å². The minimum absolute atomic E-state index is 0.0647. The van der Waals surface area contributed by atoms with Gasteiger partial charge in [-0.05, 0) is 55.5 Å². The standard InChI is InChI=1S/C27H29N5O3/c1-31-23-17-28-27(29-19-15-13-18(14-16-19)7-6-12-24(33)34)30-25(23)32(20-8-2-3-9-20)22-11-5-4-10-21(22)26(31)35/h4-5,10-11,13-17,20H,2-3,6-9,12H2,1H3,(H,33,34)(H,28,29,30). The summed E-state index contributed by atoms with van der Waals surface area (Å²) in [6.45, 7) is 0. The van der Waals surface area contributed by atoms with E-state index < -0.39 is 5.97 Å². The second-order valence-corrected chi connectivity index (χ2v) is 9.16. The van der Waals surface area contributed by atoms with E-state index in [0.29, 0.717) is 23.6 Å². The van der Waals surface area contributed by atoms with Crippen molar-refractivity contribution in [2.75, 3.05) is 22.2 Å². The summed E-state index contributed by atoms with van der Waals surface area (Å²) >= 11 is 0. The van der Waals surface area contributed by atoms with E-state index in [2.05, 4.69) is 15.2 Å². The van der Waals surface area contributed by atoms with Gasteiger partial charge in [0.2, 0.25) is 5.95 Å². The lowest BCUT2D eigenvalue weighted by atomic mass is 10.1. The normalized spacial score (nSPS) is 15.5. The summed E-state index contributed by atoms with van der Waals surface area (Å²) in [5.41, 5.74) is 4.19. The number of para-hydroxylation sites is 1. The molecule has 0 unspecified atom stereocenters. The fourth-order valence-electron chi connectivity index (χ4n) is 4.97. The van der Waals surface area contributed by atoms with E-state index in [9.17, 15) is 9.59 Å². The molecule has 1 aliphatic heterocycles. The van der Waals surface area contributed by atoms with E-state index in [0.717, 1.165) is 54.9 Å². The SMILES string of the molecule is CN1C(=O)c2ccccc2N(C2CCCC2)c2nc(Nc3ccc(CCCC(=O)O)cc3)ncc21. The van der Waals surface area contributed by atoms with Gasteiger partial charge in [-0.1, -0.05) is 37.1 Å². The number of hydrogen-bond donors (Lipinski definition) is 2. The van der Waals surface area contributed by atoms with Gasteiger partial charge in [-0.2, -0.15) is 4.98 Å². The number of amides is 1. The monoisotopic (exact) mass is 471 g/mol. The Morgan fingerprint density at radius 1 is 1.09 bits per heavy atom. The van der Waals surface area contributed by atoms with Gasteiger partial charge in [-0.25, -0.2) is 4.98 Å². The molecule has 2 heterocycles. The van der Waals surface area contributed by atoms with Crippen LogP contribution in [0.1, 0.15) is 54.4 Å². The van der Waals surface area contributed by atoms with Crippen LogP contribution in [0.2, 0.25) is 0 Å². The molecule has 1 saturated carbocycles. The molecule has 1 aliphatic carbocycles. The fourth-order valence-corrected chi connectivity index (χ4v) is 4.97. The van der Waals surface area contributed by atoms with Crippen LogP contribution in [-0.2, 0) is 11.2 Å². The van der Waals surface area contributed by atoms with Crippen molar-refractivity contribution in [3.05, 3.63) is 65.9 Å². The third-order valence-corrected chi connectivity index (χ3v) is 6.79. The van der Waals surface area contributed by atoms with Crippen LogP contribution in [0.3, 0.4) is 0 Å². The minimum Gasteiger partial charge on any atom is -0.481 e. The number of aromatic nitrogens is 2. The number of rotatable bonds is 7. The molecule has 180 valence electrons. The van der Waals surface area contributed by atoms with Gasteiger partial charge in [0, 0.05) is 25.2 Å². The highest BCUT2D eigenvalue weighted by molar-refractivity contribution is 6.13. The predicted octanol–water partition coefficient (Wildman–Crippen LogP) is 5.30. The Balaban J connectivity index is 1.46. The van der Waals surface area contributed by atoms with Gasteiger partial charge < -0.3 is 20.2 Å². The average molecular weight is 472 g/mol. The minimum atomic E-state index is -0.773. The summed E-state index contributed by atoms with van der Waals surface area (Å²) in [5.74, 6) is 0.362. The highest BCUT2D eigenvalue weighted by atomic mass is 16.4. The van der Waals surface area contributed by atoms with Crippen LogP contribution in [0.5, 0.6) is 0 Å². The number of nitrogens with one attached hydrogen (secondary N) is 1. The van der Waals surface area contributed by atoms with Crippen molar-refractivity contribution in [2.45, 2.75) is 51.0 Å². The molecule has 0 spiro atoms. The number of carbonyl (C=O) groups is 2. The topological polar surface area (TPSA) is 98.7 Å². The van der Waals surface area contributed by atoms with Crippen LogP contribution in [0.4, 0.5) is 28.8 Å². The maximum atomic E-state index is 13.3. The van der Waals surface area contributed by atoms with Crippen molar-refractivity contribution in [1.82, 2.24) is 9.97 Å². The van der Waals surface area contributed by atoms with Crippen molar-refractivity contribution >= 4 is 40.7 Å². The summed E-state index contributed by atoms with van der Waals surface area (Å²) < 4.78 is 0. The maximum Gasteiger partial charge on any atom is 0.303 e. The van der Waals surface area contributed by atoms with E-state index >= 15 is 0 Å². The number of carboxylic acids is 1. The third-order valence-electron chi connectivity index (χ3n) is 6.79. The lowest BCUT2D eigenvalue weighted by Gasteiger charge is -2.31. The number of carbonyl (C=O) groups excluding carboxylic acids is 1. The Kier molecular flexibility index (Phi) is 6.35. The Morgan fingerprint density at radius 2 is 1.83 bits per heavy atom. The Hall–Kier alpha value is -3.94. The van der Waals surface area contributed by atoms with E-state index in [1.807, 2.05) is 48.5 Å². The number of nitrogens with zero attached hydrogens (tertiary/aromatic N) is 4. The molecule has 1 fully saturated rings. The molecule has 2 N–H and O–H groups in total. The van der Waals surface area contributed by atoms with Crippen molar-refractivity contribution in [3.63, 3.8) is 0 Å². The predicted molar refractivity (Wildman–Crippen MR) is 136 cm³/mol. The second kappa shape index (κ2) is 9.74. The summed E-state index contributed by atoms with van der Waals surface area (Å²) in [5, 5.41) is 12.1. The van der Waals surface area contributed by atoms with Gasteiger partial charge in [0.25, 0.3) is 5.91 Å². The molecule has 0 saturated heterocycles. The molecule has 2 aliphatic rings. The maximum absolute atomic E-state index is 13.3. The molecule has 1 amide bonds. The van der Waals surface area contributed by atoms with E-state index in [1.54, 1.807) is 18.1 Å². The molecule has 3 aromatic rings. The zero-order chi connectivity index (χ0) is 24.4. The molecular weight excluding hydrogens is 442 g/mol. The average Bonchev–Trinajstić information content (AvgIpc) is 3.37. The van der Waals surface area contributed by atoms with Crippen LogP contribution < -0.4 is 15.1 Å². The quantitative estimate of drug-likeness (QED) is 0.482. The smallest absolute Gasteiger partial charge is 0.303 e. The lowest BCUT2D eigenvalue weighted by Crippen LogP contribution is -2.30. The van der Waals surface area contributed by atoms with Crippen LogP contribution >= 0.6 is 0 Å². The number of anilines is 5. The summed E-state index contributed by atoms with van der Waals surface area (Å²) in [7, 11) is 1.77. The van der Waals surface area contributed by atoms with E-state index in [1.165, 1.54) is 0 Å². The van der Waals surface area contributed by atoms with Crippen LogP contribution in [-0.4, -0.2) is 40.0 Å². The van der Waals surface area contributed by atoms with E-state index in [4.69, 9.17) is 10.1 Å². The second-order valence-electron chi connectivity index (χ2n) is 9.16. The summed E-state index contributed by atoms with van der Waals surface area (Å²) in [6, 6.07) is 15.9. The molecule has 2 aromatic carbocycles. The summed E-state index contributed by atoms with van der Waals surface area (Å²) in [4.78, 5) is 37.3. The first-order valence-corrected chi connectivity index (χ1v) is 12.1. The van der Waals surface area contributed by atoms with Crippen LogP contribution in [0, 0.1) is 0 Å². The zero-order valence-electron chi connectivity index (χ0n) is 19.8. The first-order valence-electron chi connectivity index (χ1n) is 12.1. The molecular formula is C27H29N5O3. The third kappa shape index (κ3) is 4.69. The van der Waals surface area contributed by atoms with Crippen LogP contribution in [0.15, 0.2) is 54.7 Å². The van der Waals surface area contributed by atoms with Gasteiger partial charge in [0.1, 0.15) is 5.69 Å². The first kappa shape index (κ1) is 22.8. The molecule has 0 radical (unpaired) electrons. The lowest BCUT2D eigenvalue weighted by molar-refractivity contribution is -0.137. The number of fused-ring (bicyclic) bond motifs is 2. The van der Waals surface area contributed by atoms with Gasteiger partial charge in [0.05, 0.1) is 17.4 Å². The largest absolute Gasteiger partial charge is 0.481 e. The Bertz CT molecular complexity index is 1240. The Labute approximate surface area is 204 Å². The van der Waals surface area contributed by atoms with Gasteiger partial charge in [-0.15, -0.1) is 0 Å². The summed E-state index contributed by atoms with van der Waals surface area (Å²) in [6.07, 6.45) is 7.66. The zero-order valence-corrected chi connectivity index (χ0v) is 19.8. The first-order chi connectivity index (χ1) is 17.0. The number of hydrogen-bond acceptors (Lipinski definition) is 6. The molecule has 0 atom stereocenters. The molecule has 8 nitrogen and oxygen atoms in total. The highest BCUT2D eigenvalue weighted by Crippen LogP contribution is 2.43. The van der Waals surface area contributed by atoms with Gasteiger partial charge in [0.15, 0.2) is 5.82 Å². The van der Waals surface area contributed by atoms with Crippen molar-refractivity contribution in [2.24, 2.45) is 0 Å². The number of benzene rings is 2. The van der Waals surface area contributed by atoms with Gasteiger partial charge in [-0.3, -0.25) is 9.59 Å². The highest BCUT2D eigenvalue weighted by Gasteiger charge is 2.35. The molecule has 5 rings (SSSR count). The molecule has 1 aromatic heterocycles. The van der Waals surface area contributed by atoms with Gasteiger partial charge >= 0.3 is 5.97 Å². The molecule has 35 heavy (non-hydrogen) atoms. The number of aryl methyl sites for hydroxylation is 1. The molecule has 0 bridgehead atoms. The fraction of sp³-hybridized carbons (Fsp3) is 0.333. The van der Waals surface area contributed by atoms with Crippen molar-refractivity contribution < 1.29 is 14.7 Å². The molecule has 8 heteroatoms. The number of aliphatic carboxylic acids is 1. The van der Waals surface area contributed by atoms with Crippen LogP contribution in [0.25, 0.3) is 0 Å².